The third-order valence-electron chi connectivity index (χ3n) is 5.80. The van der Waals surface area contributed by atoms with Gasteiger partial charge >= 0.3 is 0 Å². The minimum atomic E-state index is -0.0266. The van der Waals surface area contributed by atoms with Crippen molar-refractivity contribution in [2.24, 2.45) is 0 Å². The summed E-state index contributed by atoms with van der Waals surface area (Å²) in [6.45, 7) is 3.99. The van der Waals surface area contributed by atoms with E-state index in [0.717, 1.165) is 50.2 Å². The standard InChI is InChI=1S/C26H28N4O3S/c1-16-21(11-12-26(31)28-18-7-6-8-20(13-18)34-5)17(2)30-25(27-16)15-23(29-30)22-10-9-19(32-3)14-24(22)33-4/h6-10,13-15H,11-12H2,1-5H3,(H,28,31). The maximum absolute atomic E-state index is 12.6. The van der Waals surface area contributed by atoms with Crippen LogP contribution in [0.25, 0.3) is 16.9 Å². The van der Waals surface area contributed by atoms with Crippen LogP contribution in [-0.2, 0) is 11.2 Å². The second-order valence-corrected chi connectivity index (χ2v) is 8.79. The second-order valence-electron chi connectivity index (χ2n) is 7.91. The molecule has 0 fully saturated rings. The quantitative estimate of drug-likeness (QED) is 0.347. The summed E-state index contributed by atoms with van der Waals surface area (Å²) in [6.07, 6.45) is 2.95. The predicted octanol–water partition coefficient (Wildman–Crippen LogP) is 5.32. The molecule has 8 heteroatoms. The van der Waals surface area contributed by atoms with Crippen molar-refractivity contribution >= 4 is 29.0 Å². The number of hydrogen-bond acceptors (Lipinski definition) is 6. The molecule has 7 nitrogen and oxygen atoms in total. The average molecular weight is 477 g/mol. The summed E-state index contributed by atoms with van der Waals surface area (Å²) in [7, 11) is 3.25. The molecule has 2 aromatic heterocycles. The molecule has 34 heavy (non-hydrogen) atoms. The number of aromatic nitrogens is 3. The van der Waals surface area contributed by atoms with E-state index in [1.165, 1.54) is 0 Å². The predicted molar refractivity (Wildman–Crippen MR) is 136 cm³/mol. The molecule has 4 aromatic rings. The number of rotatable bonds is 8. The SMILES string of the molecule is COc1ccc(-c2cc3nc(C)c(CCC(=O)Nc4cccc(SC)c4)c(C)n3n2)c(OC)c1. The van der Waals surface area contributed by atoms with Crippen molar-refractivity contribution in [2.45, 2.75) is 31.6 Å². The van der Waals surface area contributed by atoms with E-state index in [1.807, 2.05) is 73.1 Å². The van der Waals surface area contributed by atoms with Crippen LogP contribution in [0.15, 0.2) is 53.4 Å². The molecule has 176 valence electrons. The topological polar surface area (TPSA) is 77.8 Å². The van der Waals surface area contributed by atoms with Crippen molar-refractivity contribution in [1.82, 2.24) is 14.6 Å². The number of nitrogens with zero attached hydrogens (tertiary/aromatic N) is 3. The molecular formula is C26H28N4O3S. The Bertz CT molecular complexity index is 1350. The van der Waals surface area contributed by atoms with Crippen LogP contribution in [0.4, 0.5) is 5.69 Å². The van der Waals surface area contributed by atoms with Gasteiger partial charge in [-0.3, -0.25) is 4.79 Å². The number of hydrogen-bond donors (Lipinski definition) is 1. The zero-order valence-corrected chi connectivity index (χ0v) is 20.8. The van der Waals surface area contributed by atoms with Gasteiger partial charge in [0.05, 0.1) is 19.9 Å². The summed E-state index contributed by atoms with van der Waals surface area (Å²) < 4.78 is 12.7. The van der Waals surface area contributed by atoms with Crippen molar-refractivity contribution in [2.75, 3.05) is 25.8 Å². The van der Waals surface area contributed by atoms with Crippen molar-refractivity contribution in [3.8, 4) is 22.8 Å². The zero-order valence-electron chi connectivity index (χ0n) is 20.0. The van der Waals surface area contributed by atoms with E-state index in [9.17, 15) is 4.79 Å². The van der Waals surface area contributed by atoms with Gasteiger partial charge in [0.1, 0.15) is 11.5 Å². The van der Waals surface area contributed by atoms with Crippen LogP contribution in [0.1, 0.15) is 23.4 Å². The summed E-state index contributed by atoms with van der Waals surface area (Å²) in [5, 5.41) is 7.78. The number of nitrogens with one attached hydrogen (secondary N) is 1. The van der Waals surface area contributed by atoms with E-state index >= 15 is 0 Å². The summed E-state index contributed by atoms with van der Waals surface area (Å²) in [5.74, 6) is 1.37. The van der Waals surface area contributed by atoms with E-state index in [0.29, 0.717) is 18.6 Å². The van der Waals surface area contributed by atoms with Gasteiger partial charge in [0.25, 0.3) is 0 Å². The molecule has 2 aromatic carbocycles. The Morgan fingerprint density at radius 1 is 1.09 bits per heavy atom. The van der Waals surface area contributed by atoms with Crippen molar-refractivity contribution in [3.63, 3.8) is 0 Å². The van der Waals surface area contributed by atoms with E-state index in [1.54, 1.807) is 26.0 Å². The third-order valence-corrected chi connectivity index (χ3v) is 6.53. The van der Waals surface area contributed by atoms with Gasteiger partial charge in [-0.25, -0.2) is 9.50 Å². The number of ether oxygens (including phenoxy) is 2. The van der Waals surface area contributed by atoms with Gasteiger partial charge in [0.15, 0.2) is 5.65 Å². The van der Waals surface area contributed by atoms with Gasteiger partial charge in [-0.1, -0.05) is 6.07 Å². The highest BCUT2D eigenvalue weighted by Crippen LogP contribution is 2.33. The fraction of sp³-hybridized carbons (Fsp3) is 0.269. The highest BCUT2D eigenvalue weighted by Gasteiger charge is 2.17. The first-order valence-corrected chi connectivity index (χ1v) is 12.2. The molecule has 0 unspecified atom stereocenters. The lowest BCUT2D eigenvalue weighted by atomic mass is 10.1. The molecule has 2 heterocycles. The normalized spacial score (nSPS) is 11.0. The maximum atomic E-state index is 12.6. The minimum absolute atomic E-state index is 0.0266. The molecule has 0 aliphatic carbocycles. The zero-order chi connectivity index (χ0) is 24.2. The summed E-state index contributed by atoms with van der Waals surface area (Å²) in [5.41, 5.74) is 6.08. The lowest BCUT2D eigenvalue weighted by Crippen LogP contribution is -2.14. The summed E-state index contributed by atoms with van der Waals surface area (Å²) >= 11 is 1.65. The molecule has 0 atom stereocenters. The number of aryl methyl sites for hydroxylation is 2. The first-order valence-electron chi connectivity index (χ1n) is 11.0. The highest BCUT2D eigenvalue weighted by molar-refractivity contribution is 7.98. The molecular weight excluding hydrogens is 448 g/mol. The van der Waals surface area contributed by atoms with Gasteiger partial charge < -0.3 is 14.8 Å². The van der Waals surface area contributed by atoms with Crippen LogP contribution in [0.2, 0.25) is 0 Å². The maximum Gasteiger partial charge on any atom is 0.224 e. The Morgan fingerprint density at radius 3 is 2.65 bits per heavy atom. The van der Waals surface area contributed by atoms with Gasteiger partial charge in [0, 0.05) is 46.1 Å². The molecule has 0 saturated heterocycles. The number of carbonyl (C=O) groups is 1. The van der Waals surface area contributed by atoms with Crippen LogP contribution >= 0.6 is 11.8 Å². The number of amides is 1. The van der Waals surface area contributed by atoms with Gasteiger partial charge in [0.2, 0.25) is 5.91 Å². The number of fused-ring (bicyclic) bond motifs is 1. The largest absolute Gasteiger partial charge is 0.497 e. The van der Waals surface area contributed by atoms with Crippen molar-refractivity contribution < 1.29 is 14.3 Å². The number of carbonyl (C=O) groups excluding carboxylic acids is 1. The van der Waals surface area contributed by atoms with Crippen LogP contribution < -0.4 is 14.8 Å². The first kappa shape index (κ1) is 23.6. The van der Waals surface area contributed by atoms with Crippen LogP contribution in [0.5, 0.6) is 11.5 Å². The lowest BCUT2D eigenvalue weighted by Gasteiger charge is -2.11. The molecule has 0 aliphatic rings. The smallest absolute Gasteiger partial charge is 0.224 e. The van der Waals surface area contributed by atoms with E-state index in [2.05, 4.69) is 5.32 Å². The Hall–Kier alpha value is -3.52. The molecule has 0 saturated carbocycles. The van der Waals surface area contributed by atoms with E-state index < -0.39 is 0 Å². The minimum Gasteiger partial charge on any atom is -0.497 e. The molecule has 0 radical (unpaired) electrons. The average Bonchev–Trinajstić information content (AvgIpc) is 3.27. The van der Waals surface area contributed by atoms with E-state index in [4.69, 9.17) is 19.6 Å². The fourth-order valence-corrected chi connectivity index (χ4v) is 4.45. The van der Waals surface area contributed by atoms with Crippen LogP contribution in [-0.4, -0.2) is 41.0 Å². The monoisotopic (exact) mass is 476 g/mol. The van der Waals surface area contributed by atoms with Crippen molar-refractivity contribution in [3.05, 3.63) is 65.5 Å². The summed E-state index contributed by atoms with van der Waals surface area (Å²) in [4.78, 5) is 18.5. The number of thioether (sulfide) groups is 1. The molecule has 4 rings (SSSR count). The molecule has 1 amide bonds. The number of methoxy groups -OCH3 is 2. The van der Waals surface area contributed by atoms with E-state index in [-0.39, 0.29) is 5.91 Å². The molecule has 0 spiro atoms. The van der Waals surface area contributed by atoms with Gasteiger partial charge in [-0.2, -0.15) is 5.10 Å². The first-order chi connectivity index (χ1) is 16.4. The lowest BCUT2D eigenvalue weighted by molar-refractivity contribution is -0.116. The van der Waals surface area contributed by atoms with Crippen LogP contribution in [0, 0.1) is 13.8 Å². The molecule has 1 N–H and O–H groups in total. The summed E-state index contributed by atoms with van der Waals surface area (Å²) in [6, 6.07) is 15.4. The Morgan fingerprint density at radius 2 is 1.91 bits per heavy atom. The van der Waals surface area contributed by atoms with Crippen LogP contribution in [0.3, 0.4) is 0 Å². The Labute approximate surface area is 203 Å². The highest BCUT2D eigenvalue weighted by atomic mass is 32.2. The van der Waals surface area contributed by atoms with Gasteiger partial charge in [-0.15, -0.1) is 11.8 Å². The Kier molecular flexibility index (Phi) is 7.07. The number of anilines is 1. The third kappa shape index (κ3) is 4.87. The fourth-order valence-electron chi connectivity index (χ4n) is 3.99. The second kappa shape index (κ2) is 10.2. The molecule has 0 aliphatic heterocycles. The molecule has 0 bridgehead atoms. The Balaban J connectivity index is 1.57. The van der Waals surface area contributed by atoms with Crippen molar-refractivity contribution in [1.29, 1.82) is 0 Å². The number of benzene rings is 2. The van der Waals surface area contributed by atoms with Gasteiger partial charge in [-0.05, 0) is 62.4 Å².